The van der Waals surface area contributed by atoms with Gasteiger partial charge in [-0.2, -0.15) is 0 Å². The van der Waals surface area contributed by atoms with E-state index in [0.717, 1.165) is 18.1 Å². The van der Waals surface area contributed by atoms with E-state index in [1.807, 2.05) is 0 Å². The van der Waals surface area contributed by atoms with Gasteiger partial charge < -0.3 is 9.73 Å². The smallest absolute Gasteiger partial charge is 0.291 e. The molecule has 1 saturated heterocycles. The number of carbonyl (C=O) groups is 1. The molecule has 0 bridgehead atoms. The Labute approximate surface area is 186 Å². The lowest BCUT2D eigenvalue weighted by Gasteiger charge is -2.36. The number of carbonyl (C=O) groups excluding carboxylic acids is 1. The fraction of sp³-hybridized carbons (Fsp3) is 0.375. The van der Waals surface area contributed by atoms with Crippen LogP contribution in [0.1, 0.15) is 57.4 Å². The molecule has 0 spiro atoms. The van der Waals surface area contributed by atoms with Crippen molar-refractivity contribution in [2.45, 2.75) is 44.0 Å². The number of anilines is 1. The van der Waals surface area contributed by atoms with Crippen LogP contribution in [0.2, 0.25) is 0 Å². The van der Waals surface area contributed by atoms with E-state index >= 15 is 0 Å². The minimum atomic E-state index is -0.197. The molecule has 0 saturated carbocycles. The molecule has 3 aromatic rings. The van der Waals surface area contributed by atoms with Gasteiger partial charge in [0.2, 0.25) is 0 Å². The van der Waals surface area contributed by atoms with Crippen molar-refractivity contribution in [3.8, 4) is 0 Å². The second kappa shape index (κ2) is 9.41. The molecule has 0 radical (unpaired) electrons. The minimum absolute atomic E-state index is 0.137. The lowest BCUT2D eigenvalue weighted by molar-refractivity contribution is 0.0996. The molecule has 1 aliphatic heterocycles. The summed E-state index contributed by atoms with van der Waals surface area (Å²) < 4.78 is 5.31. The Morgan fingerprint density at radius 1 is 1.13 bits per heavy atom. The number of benzene rings is 1. The van der Waals surface area contributed by atoms with Crippen molar-refractivity contribution >= 4 is 34.0 Å². The van der Waals surface area contributed by atoms with Gasteiger partial charge in [-0.3, -0.25) is 9.69 Å². The first-order chi connectivity index (χ1) is 14.6. The fourth-order valence-corrected chi connectivity index (χ4v) is 5.66. The van der Waals surface area contributed by atoms with Gasteiger partial charge in [-0.1, -0.05) is 18.6 Å². The average Bonchev–Trinajstić information content (AvgIpc) is 3.40. The molecule has 0 aliphatic carbocycles. The highest BCUT2D eigenvalue weighted by Gasteiger charge is 2.30. The molecular formula is C24H28N2O2S2. The zero-order chi connectivity index (χ0) is 21.1. The van der Waals surface area contributed by atoms with Crippen LogP contribution >= 0.6 is 23.1 Å². The van der Waals surface area contributed by atoms with Gasteiger partial charge in [0.15, 0.2) is 5.76 Å². The zero-order valence-electron chi connectivity index (χ0n) is 17.7. The van der Waals surface area contributed by atoms with Crippen LogP contribution in [0.3, 0.4) is 0 Å². The van der Waals surface area contributed by atoms with Crippen LogP contribution in [0.15, 0.2) is 52.0 Å². The van der Waals surface area contributed by atoms with Crippen molar-refractivity contribution in [1.29, 1.82) is 0 Å². The molecule has 1 N–H and O–H groups in total. The van der Waals surface area contributed by atoms with Crippen molar-refractivity contribution in [1.82, 2.24) is 4.90 Å². The third-order valence-corrected chi connectivity index (χ3v) is 7.75. The largest absolute Gasteiger partial charge is 0.459 e. The molecule has 158 valence electrons. The van der Waals surface area contributed by atoms with Crippen LogP contribution < -0.4 is 5.32 Å². The molecule has 6 heteroatoms. The molecular weight excluding hydrogens is 412 g/mol. The van der Waals surface area contributed by atoms with Gasteiger partial charge in [0.05, 0.1) is 12.3 Å². The predicted octanol–water partition coefficient (Wildman–Crippen LogP) is 6.51. The fourth-order valence-electron chi connectivity index (χ4n) is 4.16. The van der Waals surface area contributed by atoms with Gasteiger partial charge >= 0.3 is 0 Å². The molecule has 1 aliphatic rings. The summed E-state index contributed by atoms with van der Waals surface area (Å²) >= 11 is 3.42. The number of likely N-dealkylation sites (tertiary alicyclic amines) is 1. The third kappa shape index (κ3) is 4.36. The molecule has 3 heterocycles. The number of hydrogen-bond donors (Lipinski definition) is 1. The first-order valence-electron chi connectivity index (χ1n) is 10.4. The maximum atomic E-state index is 12.8. The van der Waals surface area contributed by atoms with E-state index in [0.29, 0.717) is 5.76 Å². The lowest BCUT2D eigenvalue weighted by atomic mass is 9.93. The first-order valence-corrected chi connectivity index (χ1v) is 12.5. The predicted molar refractivity (Wildman–Crippen MR) is 126 cm³/mol. The third-order valence-electron chi connectivity index (χ3n) is 5.86. The van der Waals surface area contributed by atoms with E-state index in [9.17, 15) is 4.79 Å². The number of furan rings is 1. The quantitative estimate of drug-likeness (QED) is 0.444. The highest BCUT2D eigenvalue weighted by atomic mass is 32.2. The summed E-state index contributed by atoms with van der Waals surface area (Å²) in [6, 6.07) is 12.5. The molecule has 30 heavy (non-hydrogen) atoms. The monoisotopic (exact) mass is 440 g/mol. The number of thiophene rings is 1. The second-order valence-electron chi connectivity index (χ2n) is 7.73. The molecule has 4 rings (SSSR count). The van der Waals surface area contributed by atoms with E-state index in [2.05, 4.69) is 54.6 Å². The van der Waals surface area contributed by atoms with Gasteiger partial charge in [0.1, 0.15) is 5.00 Å². The molecule has 1 amide bonds. The molecule has 2 aromatic heterocycles. The van der Waals surface area contributed by atoms with Crippen molar-refractivity contribution < 1.29 is 9.21 Å². The van der Waals surface area contributed by atoms with Gasteiger partial charge in [0, 0.05) is 15.3 Å². The number of aryl methyl sites for hydroxylation is 1. The number of amides is 1. The van der Waals surface area contributed by atoms with Crippen LogP contribution in [0.4, 0.5) is 5.00 Å². The number of thioether (sulfide) groups is 1. The van der Waals surface area contributed by atoms with Crippen LogP contribution in [0.5, 0.6) is 0 Å². The molecule has 1 atom stereocenters. The topological polar surface area (TPSA) is 45.5 Å². The van der Waals surface area contributed by atoms with Gasteiger partial charge in [-0.05, 0) is 81.4 Å². The van der Waals surface area contributed by atoms with E-state index in [1.54, 1.807) is 35.2 Å². The molecule has 4 nitrogen and oxygen atoms in total. The first kappa shape index (κ1) is 21.2. The van der Waals surface area contributed by atoms with Crippen molar-refractivity contribution in [2.24, 2.45) is 0 Å². The number of nitrogens with one attached hydrogen (secondary N) is 1. The highest BCUT2D eigenvalue weighted by molar-refractivity contribution is 7.98. The van der Waals surface area contributed by atoms with Crippen LogP contribution in [-0.2, 0) is 0 Å². The van der Waals surface area contributed by atoms with Crippen LogP contribution in [0.25, 0.3) is 0 Å². The zero-order valence-corrected chi connectivity index (χ0v) is 19.4. The Hall–Kier alpha value is -2.02. The van der Waals surface area contributed by atoms with E-state index in [-0.39, 0.29) is 11.9 Å². The summed E-state index contributed by atoms with van der Waals surface area (Å²) in [5.41, 5.74) is 3.76. The Morgan fingerprint density at radius 2 is 1.87 bits per heavy atom. The maximum Gasteiger partial charge on any atom is 0.291 e. The summed E-state index contributed by atoms with van der Waals surface area (Å²) in [6.07, 6.45) is 7.36. The summed E-state index contributed by atoms with van der Waals surface area (Å²) in [6.45, 7) is 6.47. The number of rotatable bonds is 6. The van der Waals surface area contributed by atoms with E-state index < -0.39 is 0 Å². The standard InChI is InChI=1S/C24H28N2O2S2/c1-16-17(2)30-24(25-23(27)20-8-7-15-28-20)21(16)22(26-13-5-4-6-14-26)18-9-11-19(29-3)12-10-18/h7-12,15,22H,4-6,13-14H2,1-3H3,(H,25,27). The highest BCUT2D eigenvalue weighted by Crippen LogP contribution is 2.43. The lowest BCUT2D eigenvalue weighted by Crippen LogP contribution is -2.35. The van der Waals surface area contributed by atoms with Crippen molar-refractivity contribution in [3.63, 3.8) is 0 Å². The van der Waals surface area contributed by atoms with Gasteiger partial charge in [-0.25, -0.2) is 0 Å². The maximum absolute atomic E-state index is 12.8. The van der Waals surface area contributed by atoms with Crippen molar-refractivity contribution in [2.75, 3.05) is 24.7 Å². The van der Waals surface area contributed by atoms with Gasteiger partial charge in [-0.15, -0.1) is 23.1 Å². The van der Waals surface area contributed by atoms with Gasteiger partial charge in [0.25, 0.3) is 5.91 Å². The number of nitrogens with zero attached hydrogens (tertiary/aromatic N) is 1. The van der Waals surface area contributed by atoms with Crippen LogP contribution in [-0.4, -0.2) is 30.2 Å². The van der Waals surface area contributed by atoms with Crippen molar-refractivity contribution in [3.05, 3.63) is 70.0 Å². The van der Waals surface area contributed by atoms with Crippen LogP contribution in [0, 0.1) is 13.8 Å². The molecule has 1 fully saturated rings. The molecule has 1 unspecified atom stereocenters. The Bertz CT molecular complexity index is 987. The van der Waals surface area contributed by atoms with E-state index in [1.165, 1.54) is 52.0 Å². The molecule has 1 aromatic carbocycles. The summed E-state index contributed by atoms with van der Waals surface area (Å²) in [4.78, 5) is 17.8. The number of piperidine rings is 1. The Balaban J connectivity index is 1.76. The minimum Gasteiger partial charge on any atom is -0.459 e. The summed E-state index contributed by atoms with van der Waals surface area (Å²) in [7, 11) is 0. The number of hydrogen-bond acceptors (Lipinski definition) is 5. The average molecular weight is 441 g/mol. The SMILES string of the molecule is CSc1ccc(C(c2c(NC(=O)c3ccco3)sc(C)c2C)N2CCCCC2)cc1. The second-order valence-corrected chi connectivity index (χ2v) is 9.83. The normalized spacial score (nSPS) is 15.8. The summed E-state index contributed by atoms with van der Waals surface area (Å²) in [5.74, 6) is 0.140. The summed E-state index contributed by atoms with van der Waals surface area (Å²) in [5, 5.41) is 4.07. The Kier molecular flexibility index (Phi) is 6.66. The van der Waals surface area contributed by atoms with E-state index in [4.69, 9.17) is 4.42 Å². The Morgan fingerprint density at radius 3 is 2.50 bits per heavy atom.